The van der Waals surface area contributed by atoms with Gasteiger partial charge in [0.2, 0.25) is 5.91 Å². The number of anilines is 2. The Morgan fingerprint density at radius 3 is 2.52 bits per heavy atom. The number of carbonyl (C=O) groups is 1. The molecule has 0 spiro atoms. The zero-order valence-corrected chi connectivity index (χ0v) is 15.4. The molecule has 2 aromatic carbocycles. The number of benzene rings is 2. The standard InChI is InChI=1S/C21H22N2OS/c1-14(2)16-10-3-5-12-18(16)23(20(24)15-8-7-9-15)21-22-17-11-4-6-13-19(17)25-21/h3-6,10-15H,7-9H2,1-2H3. The van der Waals surface area contributed by atoms with Crippen LogP contribution in [0.1, 0.15) is 44.6 Å². The van der Waals surface area contributed by atoms with Crippen molar-refractivity contribution in [1.82, 2.24) is 4.98 Å². The van der Waals surface area contributed by atoms with Crippen LogP contribution in [0.25, 0.3) is 10.2 Å². The Balaban J connectivity index is 1.86. The van der Waals surface area contributed by atoms with Crippen molar-refractivity contribution >= 4 is 38.3 Å². The summed E-state index contributed by atoms with van der Waals surface area (Å²) in [5, 5.41) is 0.784. The first-order valence-corrected chi connectivity index (χ1v) is 9.75. The van der Waals surface area contributed by atoms with Crippen LogP contribution in [-0.2, 0) is 4.79 Å². The van der Waals surface area contributed by atoms with Crippen molar-refractivity contribution in [3.8, 4) is 0 Å². The van der Waals surface area contributed by atoms with Crippen molar-refractivity contribution < 1.29 is 4.79 Å². The van der Waals surface area contributed by atoms with Gasteiger partial charge in [0.15, 0.2) is 5.13 Å². The summed E-state index contributed by atoms with van der Waals surface area (Å²) in [4.78, 5) is 19.9. The molecule has 0 bridgehead atoms. The van der Waals surface area contributed by atoms with Crippen molar-refractivity contribution in [3.63, 3.8) is 0 Å². The molecule has 3 aromatic rings. The van der Waals surface area contributed by atoms with Crippen LogP contribution in [0.5, 0.6) is 0 Å². The van der Waals surface area contributed by atoms with Gasteiger partial charge < -0.3 is 0 Å². The summed E-state index contributed by atoms with van der Waals surface area (Å²) in [5.74, 6) is 0.674. The minimum Gasteiger partial charge on any atom is -0.274 e. The third kappa shape index (κ3) is 2.95. The lowest BCUT2D eigenvalue weighted by molar-refractivity contribution is -0.123. The molecule has 128 valence electrons. The molecule has 1 aliphatic carbocycles. The van der Waals surface area contributed by atoms with E-state index in [0.717, 1.165) is 40.3 Å². The lowest BCUT2D eigenvalue weighted by Gasteiger charge is -2.31. The van der Waals surface area contributed by atoms with Crippen LogP contribution in [0.2, 0.25) is 0 Å². The average Bonchev–Trinajstić information content (AvgIpc) is 2.97. The molecule has 0 radical (unpaired) electrons. The van der Waals surface area contributed by atoms with E-state index in [0.29, 0.717) is 5.92 Å². The summed E-state index contributed by atoms with van der Waals surface area (Å²) in [6.07, 6.45) is 3.13. The molecule has 1 heterocycles. The van der Waals surface area contributed by atoms with Crippen LogP contribution >= 0.6 is 11.3 Å². The Hall–Kier alpha value is -2.20. The monoisotopic (exact) mass is 350 g/mol. The molecular weight excluding hydrogens is 328 g/mol. The molecule has 0 atom stereocenters. The molecule has 1 amide bonds. The van der Waals surface area contributed by atoms with Crippen molar-refractivity contribution in [2.24, 2.45) is 5.92 Å². The SMILES string of the molecule is CC(C)c1ccccc1N(C(=O)C1CCC1)c1nc2ccccc2s1. The van der Waals surface area contributed by atoms with E-state index in [1.54, 1.807) is 11.3 Å². The van der Waals surface area contributed by atoms with Gasteiger partial charge in [0.05, 0.1) is 15.9 Å². The third-order valence-corrected chi connectivity index (χ3v) is 5.97. The van der Waals surface area contributed by atoms with Gasteiger partial charge in [-0.2, -0.15) is 0 Å². The highest BCUT2D eigenvalue weighted by Gasteiger charge is 2.33. The fraction of sp³-hybridized carbons (Fsp3) is 0.333. The molecular formula is C21H22N2OS. The quantitative estimate of drug-likeness (QED) is 0.588. The molecule has 1 fully saturated rings. The molecule has 1 aliphatic rings. The number of para-hydroxylation sites is 2. The summed E-state index contributed by atoms with van der Waals surface area (Å²) in [7, 11) is 0. The third-order valence-electron chi connectivity index (χ3n) is 4.95. The van der Waals surface area contributed by atoms with Gasteiger partial charge in [-0.15, -0.1) is 0 Å². The predicted molar refractivity (Wildman–Crippen MR) is 105 cm³/mol. The normalized spacial score (nSPS) is 14.7. The number of thiazole rings is 1. The summed E-state index contributed by atoms with van der Waals surface area (Å²) >= 11 is 1.59. The molecule has 25 heavy (non-hydrogen) atoms. The number of rotatable bonds is 4. The lowest BCUT2D eigenvalue weighted by Crippen LogP contribution is -2.36. The predicted octanol–water partition coefficient (Wildman–Crippen LogP) is 5.88. The number of amides is 1. The van der Waals surface area contributed by atoms with Gasteiger partial charge in [0.1, 0.15) is 0 Å². The van der Waals surface area contributed by atoms with E-state index >= 15 is 0 Å². The zero-order chi connectivity index (χ0) is 17.4. The highest BCUT2D eigenvalue weighted by atomic mass is 32.1. The molecule has 0 saturated heterocycles. The summed E-state index contributed by atoms with van der Waals surface area (Å²) in [5.41, 5.74) is 3.12. The Bertz CT molecular complexity index is 878. The van der Waals surface area contributed by atoms with E-state index in [9.17, 15) is 4.79 Å². The zero-order valence-electron chi connectivity index (χ0n) is 14.6. The number of carbonyl (C=O) groups excluding carboxylic acids is 1. The van der Waals surface area contributed by atoms with Gasteiger partial charge >= 0.3 is 0 Å². The second kappa shape index (κ2) is 6.60. The summed E-state index contributed by atoms with van der Waals surface area (Å²) in [6.45, 7) is 4.34. The molecule has 1 aromatic heterocycles. The topological polar surface area (TPSA) is 33.2 Å². The Morgan fingerprint density at radius 1 is 1.12 bits per heavy atom. The number of fused-ring (bicyclic) bond motifs is 1. The average molecular weight is 350 g/mol. The molecule has 0 aliphatic heterocycles. The highest BCUT2D eigenvalue weighted by Crippen LogP contribution is 2.40. The number of hydrogen-bond acceptors (Lipinski definition) is 3. The van der Waals surface area contributed by atoms with E-state index in [1.807, 2.05) is 35.2 Å². The molecule has 3 nitrogen and oxygen atoms in total. The van der Waals surface area contributed by atoms with Gasteiger partial charge in [0, 0.05) is 5.92 Å². The Morgan fingerprint density at radius 2 is 1.84 bits per heavy atom. The second-order valence-corrected chi connectivity index (χ2v) is 7.99. The van der Waals surface area contributed by atoms with Crippen LogP contribution in [0.3, 0.4) is 0 Å². The van der Waals surface area contributed by atoms with Crippen LogP contribution < -0.4 is 4.90 Å². The Kier molecular flexibility index (Phi) is 4.30. The minimum absolute atomic E-state index is 0.132. The van der Waals surface area contributed by atoms with Gasteiger partial charge in [-0.05, 0) is 42.5 Å². The number of hydrogen-bond donors (Lipinski definition) is 0. The summed E-state index contributed by atoms with van der Waals surface area (Å²) < 4.78 is 1.12. The Labute approximate surface area is 152 Å². The smallest absolute Gasteiger partial charge is 0.236 e. The molecule has 4 rings (SSSR count). The molecule has 1 saturated carbocycles. The van der Waals surface area contributed by atoms with Crippen LogP contribution in [-0.4, -0.2) is 10.9 Å². The van der Waals surface area contributed by atoms with E-state index < -0.39 is 0 Å². The van der Waals surface area contributed by atoms with Crippen LogP contribution in [0.15, 0.2) is 48.5 Å². The van der Waals surface area contributed by atoms with Crippen molar-refractivity contribution in [2.45, 2.75) is 39.0 Å². The van der Waals surface area contributed by atoms with Gasteiger partial charge in [-0.3, -0.25) is 9.69 Å². The maximum atomic E-state index is 13.3. The number of aromatic nitrogens is 1. The van der Waals surface area contributed by atoms with Gasteiger partial charge in [-0.25, -0.2) is 4.98 Å². The fourth-order valence-electron chi connectivity index (χ4n) is 3.29. The summed E-state index contributed by atoms with van der Waals surface area (Å²) in [6, 6.07) is 16.3. The lowest BCUT2D eigenvalue weighted by atomic mass is 9.84. The van der Waals surface area contributed by atoms with Crippen molar-refractivity contribution in [1.29, 1.82) is 0 Å². The van der Waals surface area contributed by atoms with E-state index in [2.05, 4.69) is 32.0 Å². The van der Waals surface area contributed by atoms with Crippen molar-refractivity contribution in [3.05, 3.63) is 54.1 Å². The minimum atomic E-state index is 0.132. The van der Waals surface area contributed by atoms with E-state index in [4.69, 9.17) is 4.98 Å². The van der Waals surface area contributed by atoms with Crippen LogP contribution in [0, 0.1) is 5.92 Å². The van der Waals surface area contributed by atoms with Gasteiger partial charge in [0.25, 0.3) is 0 Å². The second-order valence-electron chi connectivity index (χ2n) is 6.98. The first-order chi connectivity index (χ1) is 12.1. The first-order valence-electron chi connectivity index (χ1n) is 8.93. The van der Waals surface area contributed by atoms with E-state index in [-0.39, 0.29) is 11.8 Å². The molecule has 0 unspecified atom stereocenters. The highest BCUT2D eigenvalue weighted by molar-refractivity contribution is 7.22. The maximum absolute atomic E-state index is 13.3. The molecule has 4 heteroatoms. The fourth-order valence-corrected chi connectivity index (χ4v) is 4.27. The largest absolute Gasteiger partial charge is 0.274 e. The van der Waals surface area contributed by atoms with Gasteiger partial charge in [-0.1, -0.05) is 61.9 Å². The van der Waals surface area contributed by atoms with Crippen LogP contribution in [0.4, 0.5) is 10.8 Å². The number of nitrogens with zero attached hydrogens (tertiary/aromatic N) is 2. The molecule has 0 N–H and O–H groups in total. The van der Waals surface area contributed by atoms with E-state index in [1.165, 1.54) is 5.56 Å². The van der Waals surface area contributed by atoms with Crippen molar-refractivity contribution in [2.75, 3.05) is 4.90 Å². The maximum Gasteiger partial charge on any atom is 0.236 e. The first kappa shape index (κ1) is 16.3.